The zero-order chi connectivity index (χ0) is 18.2. The molecule has 3 N–H and O–H groups in total. The highest BCUT2D eigenvalue weighted by molar-refractivity contribution is 5.99. The van der Waals surface area contributed by atoms with Gasteiger partial charge in [0.25, 0.3) is 0 Å². The second-order valence-electron chi connectivity index (χ2n) is 6.03. The molecule has 0 bridgehead atoms. The maximum atomic E-state index is 12.2. The van der Waals surface area contributed by atoms with E-state index in [9.17, 15) is 9.59 Å². The fraction of sp³-hybridized carbons (Fsp3) is 0.316. The summed E-state index contributed by atoms with van der Waals surface area (Å²) in [5, 5.41) is 8.71. The number of carbonyl (C=O) groups excluding carboxylic acids is 2. The summed E-state index contributed by atoms with van der Waals surface area (Å²) in [5.74, 6) is -0.346. The first kappa shape index (κ1) is 18.6. The maximum Gasteiger partial charge on any atom is 0.238 e. The van der Waals surface area contributed by atoms with E-state index in [2.05, 4.69) is 20.9 Å². The first-order valence-electron chi connectivity index (χ1n) is 8.26. The molecule has 6 nitrogen and oxygen atoms in total. The highest BCUT2D eigenvalue weighted by atomic mass is 16.2. The van der Waals surface area contributed by atoms with Gasteiger partial charge in [-0.15, -0.1) is 0 Å². The largest absolute Gasteiger partial charge is 0.325 e. The van der Waals surface area contributed by atoms with Crippen molar-refractivity contribution in [2.45, 2.75) is 33.2 Å². The van der Waals surface area contributed by atoms with Crippen molar-refractivity contribution in [2.24, 2.45) is 0 Å². The average Bonchev–Trinajstić information content (AvgIpc) is 2.56. The number of amides is 2. The molecular weight excluding hydrogens is 316 g/mol. The lowest BCUT2D eigenvalue weighted by Gasteiger charge is -2.15. The van der Waals surface area contributed by atoms with Crippen molar-refractivity contribution in [1.29, 1.82) is 0 Å². The Hall–Kier alpha value is -2.73. The molecule has 1 unspecified atom stereocenters. The number of aryl methyl sites for hydroxylation is 1. The summed E-state index contributed by atoms with van der Waals surface area (Å²) >= 11 is 0. The van der Waals surface area contributed by atoms with Gasteiger partial charge in [-0.05, 0) is 37.6 Å². The predicted molar refractivity (Wildman–Crippen MR) is 99.5 cm³/mol. The molecule has 1 aromatic carbocycles. The quantitative estimate of drug-likeness (QED) is 0.723. The number of hydrogen-bond donors (Lipinski definition) is 3. The molecule has 1 heterocycles. The Morgan fingerprint density at radius 2 is 1.76 bits per heavy atom. The smallest absolute Gasteiger partial charge is 0.238 e. The van der Waals surface area contributed by atoms with Crippen LogP contribution in [0.1, 0.15) is 25.1 Å². The minimum Gasteiger partial charge on any atom is -0.325 e. The third-order valence-electron chi connectivity index (χ3n) is 3.74. The van der Waals surface area contributed by atoms with Crippen LogP contribution >= 0.6 is 0 Å². The Morgan fingerprint density at radius 1 is 1.08 bits per heavy atom. The SMILES string of the molecule is CC(=O)Nc1ccccc1NC(=O)CNC(C)Cc1ncccc1C. The number of aromatic nitrogens is 1. The number of para-hydroxylation sites is 2. The number of nitrogens with one attached hydrogen (secondary N) is 3. The number of benzene rings is 1. The molecule has 0 aliphatic heterocycles. The fourth-order valence-corrected chi connectivity index (χ4v) is 2.45. The summed E-state index contributed by atoms with van der Waals surface area (Å²) in [6, 6.07) is 11.2. The van der Waals surface area contributed by atoms with Gasteiger partial charge in [0.05, 0.1) is 17.9 Å². The van der Waals surface area contributed by atoms with Crippen molar-refractivity contribution in [3.63, 3.8) is 0 Å². The Kier molecular flexibility index (Phi) is 6.65. The molecule has 0 saturated heterocycles. The van der Waals surface area contributed by atoms with E-state index >= 15 is 0 Å². The molecule has 25 heavy (non-hydrogen) atoms. The van der Waals surface area contributed by atoms with E-state index in [4.69, 9.17) is 0 Å². The lowest BCUT2D eigenvalue weighted by Crippen LogP contribution is -2.36. The van der Waals surface area contributed by atoms with Crippen molar-refractivity contribution in [2.75, 3.05) is 17.2 Å². The molecule has 0 saturated carbocycles. The number of carbonyl (C=O) groups is 2. The molecule has 2 rings (SSSR count). The Bertz CT molecular complexity index is 746. The van der Waals surface area contributed by atoms with Crippen LogP contribution in [0.15, 0.2) is 42.6 Å². The fourth-order valence-electron chi connectivity index (χ4n) is 2.45. The van der Waals surface area contributed by atoms with Gasteiger partial charge in [0.15, 0.2) is 0 Å². The summed E-state index contributed by atoms with van der Waals surface area (Å²) in [6.07, 6.45) is 2.53. The number of hydrogen-bond acceptors (Lipinski definition) is 4. The first-order valence-corrected chi connectivity index (χ1v) is 8.26. The summed E-state index contributed by atoms with van der Waals surface area (Å²) in [7, 11) is 0. The highest BCUT2D eigenvalue weighted by Gasteiger charge is 2.10. The number of rotatable bonds is 7. The summed E-state index contributed by atoms with van der Waals surface area (Å²) < 4.78 is 0. The van der Waals surface area contributed by atoms with Crippen LogP contribution < -0.4 is 16.0 Å². The van der Waals surface area contributed by atoms with Crippen molar-refractivity contribution < 1.29 is 9.59 Å². The van der Waals surface area contributed by atoms with Gasteiger partial charge in [-0.2, -0.15) is 0 Å². The monoisotopic (exact) mass is 340 g/mol. The van der Waals surface area contributed by atoms with Crippen LogP contribution in [0.2, 0.25) is 0 Å². The molecule has 6 heteroatoms. The van der Waals surface area contributed by atoms with E-state index in [1.54, 1.807) is 30.5 Å². The molecular formula is C19H24N4O2. The molecule has 0 aliphatic carbocycles. The molecule has 0 radical (unpaired) electrons. The number of pyridine rings is 1. The van der Waals surface area contributed by atoms with Crippen LogP contribution in [0.25, 0.3) is 0 Å². The average molecular weight is 340 g/mol. The van der Waals surface area contributed by atoms with E-state index in [1.165, 1.54) is 6.92 Å². The molecule has 0 spiro atoms. The van der Waals surface area contributed by atoms with Crippen LogP contribution in [0.5, 0.6) is 0 Å². The lowest BCUT2D eigenvalue weighted by molar-refractivity contribution is -0.116. The van der Waals surface area contributed by atoms with Crippen LogP contribution in [-0.2, 0) is 16.0 Å². The van der Waals surface area contributed by atoms with E-state index in [0.29, 0.717) is 11.4 Å². The molecule has 0 fully saturated rings. The van der Waals surface area contributed by atoms with Gasteiger partial charge in [0.2, 0.25) is 11.8 Å². The van der Waals surface area contributed by atoms with Crippen LogP contribution in [0.3, 0.4) is 0 Å². The van der Waals surface area contributed by atoms with Crippen molar-refractivity contribution >= 4 is 23.2 Å². The summed E-state index contributed by atoms with van der Waals surface area (Å²) in [5.41, 5.74) is 3.34. The standard InChI is InChI=1S/C19H24N4O2/c1-13-7-6-10-20-18(13)11-14(2)21-12-19(25)23-17-9-5-4-8-16(17)22-15(3)24/h4-10,14,21H,11-12H2,1-3H3,(H,22,24)(H,23,25). The van der Waals surface area contributed by atoms with Gasteiger partial charge in [0.1, 0.15) is 0 Å². The lowest BCUT2D eigenvalue weighted by atomic mass is 10.1. The van der Waals surface area contributed by atoms with Crippen molar-refractivity contribution in [3.05, 3.63) is 53.9 Å². The minimum atomic E-state index is -0.181. The number of anilines is 2. The first-order chi connectivity index (χ1) is 12.0. The van der Waals surface area contributed by atoms with Gasteiger partial charge in [-0.25, -0.2) is 0 Å². The van der Waals surface area contributed by atoms with Crippen molar-refractivity contribution in [3.8, 4) is 0 Å². The third-order valence-corrected chi connectivity index (χ3v) is 3.74. The molecule has 1 atom stereocenters. The van der Waals surface area contributed by atoms with Gasteiger partial charge >= 0.3 is 0 Å². The summed E-state index contributed by atoms with van der Waals surface area (Å²) in [6.45, 7) is 5.66. The molecule has 0 aliphatic rings. The van der Waals surface area contributed by atoms with Crippen LogP contribution in [0, 0.1) is 6.92 Å². The predicted octanol–water partition coefficient (Wildman–Crippen LogP) is 2.51. The van der Waals surface area contributed by atoms with Gasteiger partial charge in [-0.1, -0.05) is 18.2 Å². The Balaban J connectivity index is 1.87. The minimum absolute atomic E-state index is 0.116. The molecule has 2 amide bonds. The maximum absolute atomic E-state index is 12.2. The van der Waals surface area contributed by atoms with Crippen molar-refractivity contribution in [1.82, 2.24) is 10.3 Å². The van der Waals surface area contributed by atoms with Crippen LogP contribution in [-0.4, -0.2) is 29.4 Å². The van der Waals surface area contributed by atoms with E-state index in [1.807, 2.05) is 26.0 Å². The Labute approximate surface area is 148 Å². The van der Waals surface area contributed by atoms with E-state index < -0.39 is 0 Å². The normalized spacial score (nSPS) is 11.6. The van der Waals surface area contributed by atoms with E-state index in [0.717, 1.165) is 17.7 Å². The third kappa shape index (κ3) is 6.00. The van der Waals surface area contributed by atoms with E-state index in [-0.39, 0.29) is 24.4 Å². The Morgan fingerprint density at radius 3 is 2.40 bits per heavy atom. The zero-order valence-electron chi connectivity index (χ0n) is 14.8. The van der Waals surface area contributed by atoms with Gasteiger partial charge in [-0.3, -0.25) is 14.6 Å². The van der Waals surface area contributed by atoms with Gasteiger partial charge in [0, 0.05) is 31.3 Å². The summed E-state index contributed by atoms with van der Waals surface area (Å²) in [4.78, 5) is 27.8. The molecule has 132 valence electrons. The van der Waals surface area contributed by atoms with Crippen LogP contribution in [0.4, 0.5) is 11.4 Å². The number of nitrogens with zero attached hydrogens (tertiary/aromatic N) is 1. The molecule has 2 aromatic rings. The topological polar surface area (TPSA) is 83.1 Å². The molecule has 1 aromatic heterocycles. The second-order valence-corrected chi connectivity index (χ2v) is 6.03. The van der Waals surface area contributed by atoms with Gasteiger partial charge < -0.3 is 16.0 Å². The second kappa shape index (κ2) is 8.94. The highest BCUT2D eigenvalue weighted by Crippen LogP contribution is 2.20. The zero-order valence-corrected chi connectivity index (χ0v) is 14.8.